The lowest BCUT2D eigenvalue weighted by Crippen LogP contribution is -2.25. The van der Waals surface area contributed by atoms with E-state index in [1.807, 2.05) is 0 Å². The summed E-state index contributed by atoms with van der Waals surface area (Å²) in [6.45, 7) is 3.73. The second-order valence-corrected chi connectivity index (χ2v) is 6.60. The van der Waals surface area contributed by atoms with Crippen molar-refractivity contribution in [2.45, 2.75) is 32.2 Å². The Morgan fingerprint density at radius 3 is 2.78 bits per heavy atom. The topological polar surface area (TPSA) is 3.24 Å². The molecule has 0 amide bonds. The summed E-state index contributed by atoms with van der Waals surface area (Å²) < 4.78 is 0. The van der Waals surface area contributed by atoms with Gasteiger partial charge in [-0.3, -0.25) is 4.90 Å². The highest BCUT2D eigenvalue weighted by molar-refractivity contribution is 7.80. The smallest absolute Gasteiger partial charge is 0.0233 e. The second kappa shape index (κ2) is 5.26. The van der Waals surface area contributed by atoms with Crippen molar-refractivity contribution >= 4 is 12.6 Å². The van der Waals surface area contributed by atoms with Crippen LogP contribution in [0, 0.1) is 11.3 Å². The van der Waals surface area contributed by atoms with Crippen molar-refractivity contribution in [3.05, 3.63) is 35.9 Å². The molecular formula is C16H23NS. The molecule has 1 saturated carbocycles. The van der Waals surface area contributed by atoms with Gasteiger partial charge in [0.1, 0.15) is 0 Å². The van der Waals surface area contributed by atoms with Gasteiger partial charge in [-0.2, -0.15) is 12.6 Å². The Labute approximate surface area is 116 Å². The molecule has 0 bridgehead atoms. The van der Waals surface area contributed by atoms with Gasteiger partial charge in [0.15, 0.2) is 0 Å². The summed E-state index contributed by atoms with van der Waals surface area (Å²) in [5, 5.41) is 0. The Morgan fingerprint density at radius 2 is 2.06 bits per heavy atom. The van der Waals surface area contributed by atoms with Crippen LogP contribution in [0.2, 0.25) is 0 Å². The standard InChI is InChI=1S/C16H23NS/c18-12-15-6-7-16(10-15)8-9-17(13-16)11-14-4-2-1-3-5-14/h1-5,15,18H,6-13H2. The van der Waals surface area contributed by atoms with Crippen LogP contribution in [-0.2, 0) is 6.54 Å². The van der Waals surface area contributed by atoms with Gasteiger partial charge in [0.25, 0.3) is 0 Å². The predicted octanol–water partition coefficient (Wildman–Crippen LogP) is 3.61. The fourth-order valence-electron chi connectivity index (χ4n) is 3.86. The summed E-state index contributed by atoms with van der Waals surface area (Å²) in [5.41, 5.74) is 2.10. The van der Waals surface area contributed by atoms with E-state index < -0.39 is 0 Å². The molecule has 1 heterocycles. The summed E-state index contributed by atoms with van der Waals surface area (Å²) in [7, 11) is 0. The van der Waals surface area contributed by atoms with Crippen molar-refractivity contribution in [2.24, 2.45) is 11.3 Å². The lowest BCUT2D eigenvalue weighted by atomic mass is 9.85. The van der Waals surface area contributed by atoms with E-state index in [1.165, 1.54) is 44.3 Å². The molecule has 2 heteroatoms. The molecule has 1 spiro atoms. The van der Waals surface area contributed by atoms with Crippen molar-refractivity contribution in [1.29, 1.82) is 0 Å². The van der Waals surface area contributed by atoms with E-state index >= 15 is 0 Å². The number of hydrogen-bond donors (Lipinski definition) is 1. The van der Waals surface area contributed by atoms with Crippen LogP contribution in [0.15, 0.2) is 30.3 Å². The number of benzene rings is 1. The average Bonchev–Trinajstić information content (AvgIpc) is 2.99. The lowest BCUT2D eigenvalue weighted by molar-refractivity contribution is 0.251. The fraction of sp³-hybridized carbons (Fsp3) is 0.625. The lowest BCUT2D eigenvalue weighted by Gasteiger charge is -2.24. The summed E-state index contributed by atoms with van der Waals surface area (Å²) in [4.78, 5) is 2.65. The molecule has 98 valence electrons. The zero-order valence-corrected chi connectivity index (χ0v) is 11.9. The number of hydrogen-bond acceptors (Lipinski definition) is 2. The van der Waals surface area contributed by atoms with E-state index in [9.17, 15) is 0 Å². The highest BCUT2D eigenvalue weighted by Gasteiger charge is 2.43. The van der Waals surface area contributed by atoms with Gasteiger partial charge in [-0.05, 0) is 54.9 Å². The van der Waals surface area contributed by atoms with Gasteiger partial charge < -0.3 is 0 Å². The minimum absolute atomic E-state index is 0.641. The number of likely N-dealkylation sites (tertiary alicyclic amines) is 1. The molecule has 1 nitrogen and oxygen atoms in total. The van der Waals surface area contributed by atoms with E-state index in [-0.39, 0.29) is 0 Å². The summed E-state index contributed by atoms with van der Waals surface area (Å²) in [6.07, 6.45) is 5.66. The molecule has 3 rings (SSSR count). The summed E-state index contributed by atoms with van der Waals surface area (Å²) in [6, 6.07) is 10.9. The second-order valence-electron chi connectivity index (χ2n) is 6.24. The molecule has 1 aromatic rings. The molecule has 18 heavy (non-hydrogen) atoms. The van der Waals surface area contributed by atoms with Gasteiger partial charge >= 0.3 is 0 Å². The van der Waals surface area contributed by atoms with Crippen molar-refractivity contribution in [2.75, 3.05) is 18.8 Å². The maximum Gasteiger partial charge on any atom is 0.0233 e. The molecule has 1 aliphatic heterocycles. The number of thiol groups is 1. The Hall–Kier alpha value is -0.470. The molecule has 2 atom stereocenters. The molecule has 1 aliphatic carbocycles. The van der Waals surface area contributed by atoms with E-state index in [0.717, 1.165) is 18.2 Å². The third-order valence-corrected chi connectivity index (χ3v) is 5.35. The van der Waals surface area contributed by atoms with E-state index in [1.54, 1.807) is 0 Å². The molecular weight excluding hydrogens is 238 g/mol. The Balaban J connectivity index is 1.59. The highest BCUT2D eigenvalue weighted by atomic mass is 32.1. The van der Waals surface area contributed by atoms with Crippen LogP contribution in [0.4, 0.5) is 0 Å². The van der Waals surface area contributed by atoms with Crippen LogP contribution >= 0.6 is 12.6 Å². The first-order valence-corrected chi connectivity index (χ1v) is 7.80. The van der Waals surface area contributed by atoms with Crippen molar-refractivity contribution in [1.82, 2.24) is 4.90 Å². The molecule has 0 N–H and O–H groups in total. The van der Waals surface area contributed by atoms with Gasteiger partial charge in [0.2, 0.25) is 0 Å². The Morgan fingerprint density at radius 1 is 1.22 bits per heavy atom. The molecule has 2 aliphatic rings. The third kappa shape index (κ3) is 2.60. The zero-order valence-electron chi connectivity index (χ0n) is 11.0. The third-order valence-electron chi connectivity index (χ3n) is 4.83. The SMILES string of the molecule is SCC1CCC2(CCN(Cc3ccccc3)C2)C1. The van der Waals surface area contributed by atoms with Gasteiger partial charge in [0, 0.05) is 13.1 Å². The monoisotopic (exact) mass is 261 g/mol. The Bertz CT molecular complexity index is 391. The summed E-state index contributed by atoms with van der Waals surface area (Å²) in [5.74, 6) is 1.96. The largest absolute Gasteiger partial charge is 0.299 e. The molecule has 0 radical (unpaired) electrons. The first kappa shape index (κ1) is 12.6. The Kier molecular flexibility index (Phi) is 3.67. The maximum atomic E-state index is 4.48. The summed E-state index contributed by atoms with van der Waals surface area (Å²) >= 11 is 4.48. The number of rotatable bonds is 3. The van der Waals surface area contributed by atoms with Crippen LogP contribution in [0.5, 0.6) is 0 Å². The molecule has 1 saturated heterocycles. The normalized spacial score (nSPS) is 32.4. The first-order valence-electron chi connectivity index (χ1n) is 7.17. The number of nitrogens with zero attached hydrogens (tertiary/aromatic N) is 1. The molecule has 1 aromatic carbocycles. The van der Waals surface area contributed by atoms with E-state index in [4.69, 9.17) is 0 Å². The van der Waals surface area contributed by atoms with Crippen LogP contribution in [0.25, 0.3) is 0 Å². The van der Waals surface area contributed by atoms with E-state index in [0.29, 0.717) is 5.41 Å². The van der Waals surface area contributed by atoms with Gasteiger partial charge in [0.05, 0.1) is 0 Å². The average molecular weight is 261 g/mol. The predicted molar refractivity (Wildman–Crippen MR) is 80.0 cm³/mol. The highest BCUT2D eigenvalue weighted by Crippen LogP contribution is 2.48. The minimum atomic E-state index is 0.641. The van der Waals surface area contributed by atoms with Gasteiger partial charge in [-0.15, -0.1) is 0 Å². The van der Waals surface area contributed by atoms with E-state index in [2.05, 4.69) is 47.9 Å². The minimum Gasteiger partial charge on any atom is -0.299 e. The fourth-order valence-corrected chi connectivity index (χ4v) is 4.17. The van der Waals surface area contributed by atoms with Crippen molar-refractivity contribution < 1.29 is 0 Å². The quantitative estimate of drug-likeness (QED) is 0.814. The maximum absolute atomic E-state index is 4.48. The van der Waals surface area contributed by atoms with Crippen molar-refractivity contribution in [3.63, 3.8) is 0 Å². The molecule has 0 aromatic heterocycles. The van der Waals surface area contributed by atoms with Crippen LogP contribution in [0.1, 0.15) is 31.2 Å². The van der Waals surface area contributed by atoms with Crippen LogP contribution in [-0.4, -0.2) is 23.7 Å². The first-order chi connectivity index (χ1) is 8.80. The van der Waals surface area contributed by atoms with Gasteiger partial charge in [-0.25, -0.2) is 0 Å². The molecule has 2 fully saturated rings. The van der Waals surface area contributed by atoms with Crippen LogP contribution in [0.3, 0.4) is 0 Å². The molecule has 2 unspecified atom stereocenters. The van der Waals surface area contributed by atoms with Gasteiger partial charge in [-0.1, -0.05) is 30.3 Å². The zero-order chi connectivity index (χ0) is 12.4. The van der Waals surface area contributed by atoms with Crippen LogP contribution < -0.4 is 0 Å². The van der Waals surface area contributed by atoms with Crippen molar-refractivity contribution in [3.8, 4) is 0 Å².